The van der Waals surface area contributed by atoms with Crippen molar-refractivity contribution in [3.05, 3.63) is 101 Å². The van der Waals surface area contributed by atoms with Crippen molar-refractivity contribution in [2.24, 2.45) is 0 Å². The predicted molar refractivity (Wildman–Crippen MR) is 130 cm³/mol. The van der Waals surface area contributed by atoms with Crippen molar-refractivity contribution < 1.29 is 14.3 Å². The number of amides is 1. The first kappa shape index (κ1) is 22.4. The van der Waals surface area contributed by atoms with Gasteiger partial charge in [0.15, 0.2) is 5.78 Å². The Labute approximate surface area is 197 Å². The number of hydrogen-bond acceptors (Lipinski definition) is 5. The van der Waals surface area contributed by atoms with E-state index in [1.54, 1.807) is 7.11 Å². The monoisotopic (exact) mass is 454 g/mol. The number of methoxy groups -OCH3 is 1. The molecule has 33 heavy (non-hydrogen) atoms. The van der Waals surface area contributed by atoms with Crippen LogP contribution in [0.5, 0.6) is 5.75 Å². The SMILES string of the molecule is COc1ccc(C2CC(=O)NC(SCC(=O)c3ccc(-c4ccccc4)cc3)=C2C#N)cc1. The third-order valence-corrected chi connectivity index (χ3v) is 6.55. The first-order valence-corrected chi connectivity index (χ1v) is 11.5. The van der Waals surface area contributed by atoms with Gasteiger partial charge in [0.1, 0.15) is 5.75 Å². The van der Waals surface area contributed by atoms with Crippen LogP contribution in [0.15, 0.2) is 89.5 Å². The Morgan fingerprint density at radius 3 is 2.33 bits per heavy atom. The van der Waals surface area contributed by atoms with Crippen molar-refractivity contribution in [1.82, 2.24) is 5.32 Å². The number of nitrogens with one attached hydrogen (secondary N) is 1. The average Bonchev–Trinajstić information content (AvgIpc) is 2.87. The van der Waals surface area contributed by atoms with E-state index in [1.807, 2.05) is 78.9 Å². The lowest BCUT2D eigenvalue weighted by molar-refractivity contribution is -0.120. The van der Waals surface area contributed by atoms with Crippen LogP contribution in [-0.2, 0) is 4.79 Å². The second kappa shape index (κ2) is 10.2. The average molecular weight is 455 g/mol. The van der Waals surface area contributed by atoms with E-state index < -0.39 is 0 Å². The molecule has 0 aromatic heterocycles. The van der Waals surface area contributed by atoms with Crippen LogP contribution in [0.4, 0.5) is 0 Å². The Hall–Kier alpha value is -3.82. The summed E-state index contributed by atoms with van der Waals surface area (Å²) in [4.78, 5) is 25.1. The summed E-state index contributed by atoms with van der Waals surface area (Å²) < 4.78 is 5.19. The number of ether oxygens (including phenoxy) is 1. The summed E-state index contributed by atoms with van der Waals surface area (Å²) in [6.45, 7) is 0. The summed E-state index contributed by atoms with van der Waals surface area (Å²) in [5, 5.41) is 13.0. The van der Waals surface area contributed by atoms with E-state index in [2.05, 4.69) is 11.4 Å². The van der Waals surface area contributed by atoms with Crippen LogP contribution >= 0.6 is 11.8 Å². The highest BCUT2D eigenvalue weighted by atomic mass is 32.2. The van der Waals surface area contributed by atoms with Crippen LogP contribution in [-0.4, -0.2) is 24.6 Å². The zero-order chi connectivity index (χ0) is 23.2. The van der Waals surface area contributed by atoms with Crippen LogP contribution in [0, 0.1) is 11.3 Å². The normalized spacial score (nSPS) is 15.5. The smallest absolute Gasteiger partial charge is 0.225 e. The number of carbonyl (C=O) groups excluding carboxylic acids is 2. The molecule has 0 radical (unpaired) electrons. The molecular formula is C27H22N2O3S. The van der Waals surface area contributed by atoms with Crippen molar-refractivity contribution >= 4 is 23.5 Å². The van der Waals surface area contributed by atoms with Gasteiger partial charge in [-0.25, -0.2) is 0 Å². The van der Waals surface area contributed by atoms with Gasteiger partial charge in [0.05, 0.1) is 29.5 Å². The van der Waals surface area contributed by atoms with Gasteiger partial charge in [-0.3, -0.25) is 9.59 Å². The number of ketones is 1. The first-order chi connectivity index (χ1) is 16.1. The minimum atomic E-state index is -0.350. The van der Waals surface area contributed by atoms with Gasteiger partial charge in [0.25, 0.3) is 0 Å². The number of hydrogen-bond donors (Lipinski definition) is 1. The van der Waals surface area contributed by atoms with Gasteiger partial charge >= 0.3 is 0 Å². The molecule has 0 saturated heterocycles. The van der Waals surface area contributed by atoms with Crippen molar-refractivity contribution in [1.29, 1.82) is 5.26 Å². The van der Waals surface area contributed by atoms with Crippen molar-refractivity contribution in [3.63, 3.8) is 0 Å². The van der Waals surface area contributed by atoms with E-state index in [0.29, 0.717) is 21.9 Å². The van der Waals surface area contributed by atoms with Gasteiger partial charge in [-0.2, -0.15) is 5.26 Å². The number of Topliss-reactive ketones (excluding diaryl/α,β-unsaturated/α-hetero) is 1. The van der Waals surface area contributed by atoms with E-state index in [4.69, 9.17) is 4.74 Å². The molecule has 0 spiro atoms. The molecule has 0 saturated carbocycles. The highest BCUT2D eigenvalue weighted by Crippen LogP contribution is 2.36. The Morgan fingerprint density at radius 1 is 1.03 bits per heavy atom. The molecule has 3 aromatic rings. The van der Waals surface area contributed by atoms with E-state index in [9.17, 15) is 14.9 Å². The Morgan fingerprint density at radius 2 is 1.70 bits per heavy atom. The lowest BCUT2D eigenvalue weighted by atomic mass is 9.87. The van der Waals surface area contributed by atoms with Crippen molar-refractivity contribution in [3.8, 4) is 22.9 Å². The maximum atomic E-state index is 12.8. The fourth-order valence-electron chi connectivity index (χ4n) is 3.75. The maximum absolute atomic E-state index is 12.8. The van der Waals surface area contributed by atoms with E-state index in [1.165, 1.54) is 11.8 Å². The van der Waals surface area contributed by atoms with Crippen LogP contribution in [0.1, 0.15) is 28.3 Å². The van der Waals surface area contributed by atoms with E-state index >= 15 is 0 Å². The molecule has 164 valence electrons. The second-order valence-corrected chi connectivity index (χ2v) is 8.57. The number of allylic oxidation sites excluding steroid dienone is 1. The molecule has 1 aliphatic rings. The zero-order valence-electron chi connectivity index (χ0n) is 18.1. The van der Waals surface area contributed by atoms with E-state index in [-0.39, 0.29) is 29.8 Å². The topological polar surface area (TPSA) is 79.2 Å². The van der Waals surface area contributed by atoms with Crippen LogP contribution in [0.2, 0.25) is 0 Å². The molecule has 1 aliphatic heterocycles. The maximum Gasteiger partial charge on any atom is 0.225 e. The second-order valence-electron chi connectivity index (χ2n) is 7.59. The molecule has 1 heterocycles. The first-order valence-electron chi connectivity index (χ1n) is 10.5. The minimum absolute atomic E-state index is 0.0646. The molecule has 0 bridgehead atoms. The molecule has 6 heteroatoms. The Balaban J connectivity index is 1.49. The van der Waals surface area contributed by atoms with Gasteiger partial charge in [0, 0.05) is 17.9 Å². The molecule has 1 unspecified atom stereocenters. The summed E-state index contributed by atoms with van der Waals surface area (Å²) in [6, 6.07) is 27.0. The highest BCUT2D eigenvalue weighted by molar-refractivity contribution is 8.03. The molecule has 1 N–H and O–H groups in total. The fraction of sp³-hybridized carbons (Fsp3) is 0.148. The fourth-order valence-corrected chi connectivity index (χ4v) is 4.73. The molecule has 0 fully saturated rings. The number of benzene rings is 3. The summed E-state index contributed by atoms with van der Waals surface area (Å²) >= 11 is 1.19. The Kier molecular flexibility index (Phi) is 6.92. The molecule has 4 rings (SSSR count). The van der Waals surface area contributed by atoms with Gasteiger partial charge in [0.2, 0.25) is 5.91 Å². The summed E-state index contributed by atoms with van der Waals surface area (Å²) in [6.07, 6.45) is 0.189. The van der Waals surface area contributed by atoms with E-state index in [0.717, 1.165) is 16.7 Å². The third kappa shape index (κ3) is 5.16. The van der Waals surface area contributed by atoms with Gasteiger partial charge in [-0.15, -0.1) is 0 Å². The summed E-state index contributed by atoms with van der Waals surface area (Å²) in [5.41, 5.74) is 4.05. The highest BCUT2D eigenvalue weighted by Gasteiger charge is 2.30. The van der Waals surface area contributed by atoms with Crippen molar-refractivity contribution in [2.75, 3.05) is 12.9 Å². The molecule has 1 atom stereocenters. The largest absolute Gasteiger partial charge is 0.497 e. The molecule has 5 nitrogen and oxygen atoms in total. The van der Waals surface area contributed by atoms with Gasteiger partial charge in [-0.1, -0.05) is 78.5 Å². The minimum Gasteiger partial charge on any atom is -0.497 e. The lowest BCUT2D eigenvalue weighted by Crippen LogP contribution is -2.31. The number of carbonyl (C=O) groups is 2. The van der Waals surface area contributed by atoms with Crippen LogP contribution in [0.25, 0.3) is 11.1 Å². The molecule has 1 amide bonds. The van der Waals surface area contributed by atoms with Gasteiger partial charge < -0.3 is 10.1 Å². The number of nitrogens with zero attached hydrogens (tertiary/aromatic N) is 1. The zero-order valence-corrected chi connectivity index (χ0v) is 18.9. The molecular weight excluding hydrogens is 432 g/mol. The summed E-state index contributed by atoms with van der Waals surface area (Å²) in [5.74, 6) is 0.250. The molecule has 0 aliphatic carbocycles. The predicted octanol–water partition coefficient (Wildman–Crippen LogP) is 5.32. The number of rotatable bonds is 7. The standard InChI is InChI=1S/C27H22N2O3S/c1-32-22-13-11-20(12-14-22)23-15-26(31)29-27(24(23)16-28)33-17-25(30)21-9-7-19(8-10-21)18-5-3-2-4-6-18/h2-14,23H,15,17H2,1H3,(H,29,31). The quantitative estimate of drug-likeness (QED) is 0.489. The molecule has 3 aromatic carbocycles. The van der Waals surface area contributed by atoms with Crippen LogP contribution in [0.3, 0.4) is 0 Å². The number of thioether (sulfide) groups is 1. The third-order valence-electron chi connectivity index (χ3n) is 5.54. The summed E-state index contributed by atoms with van der Waals surface area (Å²) in [7, 11) is 1.59. The van der Waals surface area contributed by atoms with Gasteiger partial charge in [-0.05, 0) is 28.8 Å². The number of nitriles is 1. The lowest BCUT2D eigenvalue weighted by Gasteiger charge is -2.25. The van der Waals surface area contributed by atoms with Crippen molar-refractivity contribution in [2.45, 2.75) is 12.3 Å². The Bertz CT molecular complexity index is 1230. The van der Waals surface area contributed by atoms with Crippen LogP contribution < -0.4 is 10.1 Å².